The van der Waals surface area contributed by atoms with Crippen LogP contribution in [-0.2, 0) is 4.79 Å². The van der Waals surface area contributed by atoms with Gasteiger partial charge in [-0.1, -0.05) is 22.0 Å². The number of hydrogen-bond donors (Lipinski definition) is 1. The van der Waals surface area contributed by atoms with Gasteiger partial charge in [-0.2, -0.15) is 0 Å². The molecule has 18 heavy (non-hydrogen) atoms. The predicted molar refractivity (Wildman–Crippen MR) is 77.1 cm³/mol. The van der Waals surface area contributed by atoms with E-state index in [1.807, 2.05) is 29.2 Å². The average molecular weight is 333 g/mol. The molecule has 1 atom stereocenters. The first-order valence-corrected chi connectivity index (χ1v) is 6.57. The molecule has 2 aliphatic heterocycles. The lowest BCUT2D eigenvalue weighted by atomic mass is 10.2. The van der Waals surface area contributed by atoms with E-state index >= 15 is 0 Å². The largest absolute Gasteiger partial charge is 0.313 e. The smallest absolute Gasteiger partial charge is 0.246 e. The second-order valence-electron chi connectivity index (χ2n) is 4.42. The maximum Gasteiger partial charge on any atom is 0.246 e. The van der Waals surface area contributed by atoms with Crippen LogP contribution in [0.2, 0.25) is 0 Å². The first-order chi connectivity index (χ1) is 8.25. The van der Waals surface area contributed by atoms with E-state index < -0.39 is 0 Å². The summed E-state index contributed by atoms with van der Waals surface area (Å²) in [4.78, 5) is 16.4. The summed E-state index contributed by atoms with van der Waals surface area (Å²) in [7, 11) is 0. The van der Waals surface area contributed by atoms with E-state index in [0.717, 1.165) is 29.8 Å². The van der Waals surface area contributed by atoms with Gasteiger partial charge in [0.25, 0.3) is 0 Å². The summed E-state index contributed by atoms with van der Waals surface area (Å²) in [6.07, 6.45) is 0. The van der Waals surface area contributed by atoms with Crippen molar-refractivity contribution in [2.45, 2.75) is 6.04 Å². The van der Waals surface area contributed by atoms with Crippen molar-refractivity contribution in [2.75, 3.05) is 31.2 Å². The van der Waals surface area contributed by atoms with Gasteiger partial charge in [0.05, 0.1) is 6.67 Å². The highest BCUT2D eigenvalue weighted by Crippen LogP contribution is 2.26. The molecule has 0 spiro atoms. The summed E-state index contributed by atoms with van der Waals surface area (Å²) >= 11 is 3.44. The number of piperazine rings is 1. The molecule has 1 aromatic carbocycles. The highest BCUT2D eigenvalue weighted by molar-refractivity contribution is 9.10. The standard InChI is InChI=1S/C12H14BrN3O.ClH/c13-9-2-1-3-10(6-9)16-8-15-5-4-14-7-11(15)12(16)17;/h1-3,6,11,14H,4-5,7-8H2;1H. The zero-order valence-electron chi connectivity index (χ0n) is 9.80. The number of carbonyl (C=O) groups excluding carboxylic acids is 1. The molecule has 1 amide bonds. The van der Waals surface area contributed by atoms with Crippen molar-refractivity contribution in [3.05, 3.63) is 28.7 Å². The third-order valence-corrected chi connectivity index (χ3v) is 3.84. The second-order valence-corrected chi connectivity index (χ2v) is 5.34. The SMILES string of the molecule is Cl.O=C1C2CNCCN2CN1c1cccc(Br)c1. The minimum Gasteiger partial charge on any atom is -0.313 e. The Bertz CT molecular complexity index is 457. The van der Waals surface area contributed by atoms with Crippen LogP contribution in [-0.4, -0.2) is 43.2 Å². The van der Waals surface area contributed by atoms with Crippen LogP contribution in [0.5, 0.6) is 0 Å². The van der Waals surface area contributed by atoms with E-state index in [0.29, 0.717) is 6.67 Å². The number of amides is 1. The maximum absolute atomic E-state index is 12.3. The molecule has 2 fully saturated rings. The molecule has 6 heteroatoms. The number of carbonyl (C=O) groups is 1. The third kappa shape index (κ3) is 2.40. The van der Waals surface area contributed by atoms with Crippen molar-refractivity contribution in [3.8, 4) is 0 Å². The van der Waals surface area contributed by atoms with E-state index in [2.05, 4.69) is 26.1 Å². The molecular formula is C12H15BrClN3O. The number of rotatable bonds is 1. The Morgan fingerprint density at radius 1 is 1.39 bits per heavy atom. The topological polar surface area (TPSA) is 35.6 Å². The molecule has 0 saturated carbocycles. The Balaban J connectivity index is 0.00000120. The molecule has 98 valence electrons. The number of fused-ring (bicyclic) bond motifs is 1. The number of anilines is 1. The molecule has 0 aromatic heterocycles. The molecule has 1 aromatic rings. The molecule has 2 heterocycles. The monoisotopic (exact) mass is 331 g/mol. The van der Waals surface area contributed by atoms with Gasteiger partial charge in [0.15, 0.2) is 0 Å². The van der Waals surface area contributed by atoms with E-state index in [9.17, 15) is 4.79 Å². The van der Waals surface area contributed by atoms with Gasteiger partial charge in [0.1, 0.15) is 6.04 Å². The van der Waals surface area contributed by atoms with Crippen LogP contribution in [0, 0.1) is 0 Å². The van der Waals surface area contributed by atoms with Crippen LogP contribution in [0.15, 0.2) is 28.7 Å². The highest BCUT2D eigenvalue weighted by Gasteiger charge is 2.40. The molecule has 1 unspecified atom stereocenters. The molecular weight excluding hydrogens is 318 g/mol. The molecule has 0 bridgehead atoms. The van der Waals surface area contributed by atoms with Crippen molar-refractivity contribution in [1.82, 2.24) is 10.2 Å². The zero-order chi connectivity index (χ0) is 11.8. The number of hydrogen-bond acceptors (Lipinski definition) is 3. The van der Waals surface area contributed by atoms with Crippen molar-refractivity contribution < 1.29 is 4.79 Å². The number of benzene rings is 1. The minimum atomic E-state index is 0. The molecule has 2 saturated heterocycles. The summed E-state index contributed by atoms with van der Waals surface area (Å²) in [6.45, 7) is 3.39. The van der Waals surface area contributed by atoms with Crippen LogP contribution in [0.3, 0.4) is 0 Å². The average Bonchev–Trinajstić information content (AvgIpc) is 2.68. The van der Waals surface area contributed by atoms with Crippen LogP contribution in [0.25, 0.3) is 0 Å². The number of nitrogens with one attached hydrogen (secondary N) is 1. The van der Waals surface area contributed by atoms with Gasteiger partial charge in [-0.05, 0) is 18.2 Å². The molecule has 3 rings (SSSR count). The van der Waals surface area contributed by atoms with Gasteiger partial charge < -0.3 is 5.32 Å². The van der Waals surface area contributed by atoms with E-state index in [-0.39, 0.29) is 24.4 Å². The molecule has 4 nitrogen and oxygen atoms in total. The molecule has 0 aliphatic carbocycles. The van der Waals surface area contributed by atoms with E-state index in [1.54, 1.807) is 0 Å². The number of halogens is 2. The van der Waals surface area contributed by atoms with Crippen molar-refractivity contribution >= 4 is 39.9 Å². The lowest BCUT2D eigenvalue weighted by molar-refractivity contribution is -0.119. The van der Waals surface area contributed by atoms with Gasteiger partial charge in [-0.3, -0.25) is 14.6 Å². The molecule has 0 radical (unpaired) electrons. The minimum absolute atomic E-state index is 0. The Labute approximate surface area is 121 Å². The molecule has 2 aliphatic rings. The maximum atomic E-state index is 12.3. The second kappa shape index (κ2) is 5.57. The lowest BCUT2D eigenvalue weighted by Gasteiger charge is -2.26. The first kappa shape index (κ1) is 13.8. The predicted octanol–water partition coefficient (Wildman–Crippen LogP) is 1.45. The Morgan fingerprint density at radius 2 is 2.22 bits per heavy atom. The molecule has 1 N–H and O–H groups in total. The normalized spacial score (nSPS) is 23.7. The third-order valence-electron chi connectivity index (χ3n) is 3.35. The fourth-order valence-corrected chi connectivity index (χ4v) is 2.83. The van der Waals surface area contributed by atoms with Gasteiger partial charge in [0.2, 0.25) is 5.91 Å². The highest BCUT2D eigenvalue weighted by atomic mass is 79.9. The Morgan fingerprint density at radius 3 is 2.94 bits per heavy atom. The lowest BCUT2D eigenvalue weighted by Crippen LogP contribution is -2.50. The Hall–Kier alpha value is -0.620. The van der Waals surface area contributed by atoms with Gasteiger partial charge in [0, 0.05) is 29.8 Å². The van der Waals surface area contributed by atoms with Gasteiger partial charge in [-0.25, -0.2) is 0 Å². The van der Waals surface area contributed by atoms with Crippen LogP contribution in [0.4, 0.5) is 5.69 Å². The summed E-state index contributed by atoms with van der Waals surface area (Å²) in [5, 5.41) is 3.27. The van der Waals surface area contributed by atoms with Crippen molar-refractivity contribution in [3.63, 3.8) is 0 Å². The zero-order valence-corrected chi connectivity index (χ0v) is 12.2. The number of nitrogens with zero attached hydrogens (tertiary/aromatic N) is 2. The van der Waals surface area contributed by atoms with Crippen LogP contribution < -0.4 is 10.2 Å². The van der Waals surface area contributed by atoms with E-state index in [4.69, 9.17) is 0 Å². The van der Waals surface area contributed by atoms with Crippen LogP contribution >= 0.6 is 28.3 Å². The summed E-state index contributed by atoms with van der Waals surface area (Å²) in [5.74, 6) is 0.204. The van der Waals surface area contributed by atoms with Crippen molar-refractivity contribution in [2.24, 2.45) is 0 Å². The summed E-state index contributed by atoms with van der Waals surface area (Å²) < 4.78 is 1.01. The van der Waals surface area contributed by atoms with Gasteiger partial charge in [-0.15, -0.1) is 12.4 Å². The first-order valence-electron chi connectivity index (χ1n) is 5.77. The van der Waals surface area contributed by atoms with Crippen LogP contribution in [0.1, 0.15) is 0 Å². The quantitative estimate of drug-likeness (QED) is 0.845. The summed E-state index contributed by atoms with van der Waals surface area (Å²) in [5.41, 5.74) is 0.971. The Kier molecular flexibility index (Phi) is 4.27. The fraction of sp³-hybridized carbons (Fsp3) is 0.417. The van der Waals surface area contributed by atoms with Crippen molar-refractivity contribution in [1.29, 1.82) is 0 Å². The fourth-order valence-electron chi connectivity index (χ4n) is 2.44. The van der Waals surface area contributed by atoms with E-state index in [1.165, 1.54) is 0 Å². The van der Waals surface area contributed by atoms with Gasteiger partial charge >= 0.3 is 0 Å². The summed E-state index contributed by atoms with van der Waals surface area (Å²) in [6, 6.07) is 7.92.